The zero-order valence-corrected chi connectivity index (χ0v) is 13.1. The number of nitriles is 1. The fourth-order valence-corrected chi connectivity index (χ4v) is 2.41. The molecular formula is C18H12ClN3O. The first kappa shape index (κ1) is 15.0. The molecule has 0 aliphatic heterocycles. The summed E-state index contributed by atoms with van der Waals surface area (Å²) in [5.41, 5.74) is 3.34. The Morgan fingerprint density at radius 2 is 1.87 bits per heavy atom. The average Bonchev–Trinajstić information content (AvgIpc) is 2.62. The van der Waals surface area contributed by atoms with E-state index in [0.29, 0.717) is 22.0 Å². The van der Waals surface area contributed by atoms with Crippen LogP contribution in [0.15, 0.2) is 54.7 Å². The minimum atomic E-state index is 0.278. The van der Waals surface area contributed by atoms with Crippen LogP contribution in [-0.2, 0) is 0 Å². The molecule has 3 rings (SSSR count). The van der Waals surface area contributed by atoms with Gasteiger partial charge >= 0.3 is 0 Å². The standard InChI is InChI=1S/C18H12ClN3O/c1-23-18-15(11-20)14(12-5-7-13(19)8-6-12)10-17(22-18)16-4-2-3-9-21-16/h2-10H,1H3. The summed E-state index contributed by atoms with van der Waals surface area (Å²) in [7, 11) is 1.50. The molecule has 0 spiro atoms. The lowest BCUT2D eigenvalue weighted by molar-refractivity contribution is 0.397. The first-order valence-electron chi connectivity index (χ1n) is 6.89. The zero-order chi connectivity index (χ0) is 16.2. The summed E-state index contributed by atoms with van der Waals surface area (Å²) < 4.78 is 5.30. The molecule has 0 radical (unpaired) electrons. The normalized spacial score (nSPS) is 10.1. The molecule has 0 aliphatic carbocycles. The molecule has 0 unspecified atom stereocenters. The molecule has 0 saturated carbocycles. The van der Waals surface area contributed by atoms with Crippen molar-refractivity contribution >= 4 is 11.6 Å². The minimum absolute atomic E-state index is 0.278. The second-order valence-electron chi connectivity index (χ2n) is 4.77. The summed E-state index contributed by atoms with van der Waals surface area (Å²) in [4.78, 5) is 8.71. The second-order valence-corrected chi connectivity index (χ2v) is 5.21. The Morgan fingerprint density at radius 1 is 1.09 bits per heavy atom. The van der Waals surface area contributed by atoms with Crippen LogP contribution < -0.4 is 4.74 Å². The average molecular weight is 322 g/mol. The van der Waals surface area contributed by atoms with Gasteiger partial charge in [-0.25, -0.2) is 4.98 Å². The molecule has 0 fully saturated rings. The number of hydrogen-bond acceptors (Lipinski definition) is 4. The summed E-state index contributed by atoms with van der Waals surface area (Å²) in [5, 5.41) is 10.1. The SMILES string of the molecule is COc1nc(-c2ccccn2)cc(-c2ccc(Cl)cc2)c1C#N. The number of benzene rings is 1. The van der Waals surface area contributed by atoms with Crippen molar-refractivity contribution in [2.45, 2.75) is 0 Å². The van der Waals surface area contributed by atoms with Crippen molar-refractivity contribution in [1.29, 1.82) is 5.26 Å². The van der Waals surface area contributed by atoms with E-state index in [1.807, 2.05) is 36.4 Å². The number of nitrogens with zero attached hydrogens (tertiary/aromatic N) is 3. The summed E-state index contributed by atoms with van der Waals surface area (Å²) in [5.74, 6) is 0.278. The summed E-state index contributed by atoms with van der Waals surface area (Å²) in [6.45, 7) is 0. The van der Waals surface area contributed by atoms with Gasteiger partial charge in [0.05, 0.1) is 18.5 Å². The first-order chi connectivity index (χ1) is 11.2. The highest BCUT2D eigenvalue weighted by Gasteiger charge is 2.16. The molecule has 0 saturated heterocycles. The molecule has 1 aromatic carbocycles. The summed E-state index contributed by atoms with van der Waals surface area (Å²) in [6, 6.07) is 16.9. The van der Waals surface area contributed by atoms with Crippen molar-refractivity contribution in [2.75, 3.05) is 7.11 Å². The number of aromatic nitrogens is 2. The van der Waals surface area contributed by atoms with E-state index >= 15 is 0 Å². The smallest absolute Gasteiger partial charge is 0.232 e. The largest absolute Gasteiger partial charge is 0.480 e. The van der Waals surface area contributed by atoms with Crippen LogP contribution in [0, 0.1) is 11.3 Å². The Balaban J connectivity index is 2.25. The van der Waals surface area contributed by atoms with Crippen molar-refractivity contribution in [3.63, 3.8) is 0 Å². The van der Waals surface area contributed by atoms with Gasteiger partial charge in [-0.1, -0.05) is 29.8 Å². The van der Waals surface area contributed by atoms with E-state index in [2.05, 4.69) is 16.0 Å². The van der Waals surface area contributed by atoms with E-state index in [0.717, 1.165) is 11.1 Å². The number of hydrogen-bond donors (Lipinski definition) is 0. The molecule has 2 aromatic heterocycles. The number of pyridine rings is 2. The van der Waals surface area contributed by atoms with Gasteiger partial charge in [-0.3, -0.25) is 4.98 Å². The summed E-state index contributed by atoms with van der Waals surface area (Å²) >= 11 is 5.95. The van der Waals surface area contributed by atoms with Crippen molar-refractivity contribution in [2.24, 2.45) is 0 Å². The predicted molar refractivity (Wildman–Crippen MR) is 89.2 cm³/mol. The quantitative estimate of drug-likeness (QED) is 0.719. The van der Waals surface area contributed by atoms with Gasteiger partial charge in [0.2, 0.25) is 5.88 Å². The highest BCUT2D eigenvalue weighted by atomic mass is 35.5. The lowest BCUT2D eigenvalue weighted by Crippen LogP contribution is -1.98. The molecule has 2 heterocycles. The third-order valence-electron chi connectivity index (χ3n) is 3.37. The van der Waals surface area contributed by atoms with Gasteiger partial charge in [-0.05, 0) is 35.9 Å². The number of rotatable bonds is 3. The molecular weight excluding hydrogens is 310 g/mol. The Bertz CT molecular complexity index is 871. The fourth-order valence-electron chi connectivity index (χ4n) is 2.28. The second kappa shape index (κ2) is 6.47. The third kappa shape index (κ3) is 3.01. The number of halogens is 1. The third-order valence-corrected chi connectivity index (χ3v) is 3.63. The van der Waals surface area contributed by atoms with Crippen LogP contribution in [0.5, 0.6) is 5.88 Å². The molecule has 0 N–H and O–H groups in total. The molecule has 0 aliphatic rings. The summed E-state index contributed by atoms with van der Waals surface area (Å²) in [6.07, 6.45) is 1.70. The first-order valence-corrected chi connectivity index (χ1v) is 7.27. The number of methoxy groups -OCH3 is 1. The van der Waals surface area contributed by atoms with Crippen molar-refractivity contribution in [3.05, 3.63) is 65.3 Å². The Hall–Kier alpha value is -2.90. The molecule has 5 heteroatoms. The lowest BCUT2D eigenvalue weighted by atomic mass is 10.00. The fraction of sp³-hybridized carbons (Fsp3) is 0.0556. The predicted octanol–water partition coefficient (Wildman–Crippen LogP) is 4.34. The maximum Gasteiger partial charge on any atom is 0.232 e. The van der Waals surface area contributed by atoms with Crippen LogP contribution in [-0.4, -0.2) is 17.1 Å². The van der Waals surface area contributed by atoms with Crippen molar-refractivity contribution in [3.8, 4) is 34.5 Å². The van der Waals surface area contributed by atoms with E-state index < -0.39 is 0 Å². The topological polar surface area (TPSA) is 58.8 Å². The van der Waals surface area contributed by atoms with Gasteiger partial charge in [0, 0.05) is 16.8 Å². The highest BCUT2D eigenvalue weighted by Crippen LogP contribution is 2.33. The molecule has 112 valence electrons. The van der Waals surface area contributed by atoms with Gasteiger partial charge in [0.1, 0.15) is 11.6 Å². The van der Waals surface area contributed by atoms with E-state index in [4.69, 9.17) is 16.3 Å². The van der Waals surface area contributed by atoms with Crippen molar-refractivity contribution < 1.29 is 4.74 Å². The number of ether oxygens (including phenoxy) is 1. The molecule has 0 bridgehead atoms. The van der Waals surface area contributed by atoms with Crippen molar-refractivity contribution in [1.82, 2.24) is 9.97 Å². The van der Waals surface area contributed by atoms with Gasteiger partial charge in [0.25, 0.3) is 0 Å². The molecule has 3 aromatic rings. The molecule has 4 nitrogen and oxygen atoms in total. The molecule has 0 amide bonds. The molecule has 23 heavy (non-hydrogen) atoms. The highest BCUT2D eigenvalue weighted by molar-refractivity contribution is 6.30. The van der Waals surface area contributed by atoms with Gasteiger partial charge in [-0.15, -0.1) is 0 Å². The van der Waals surface area contributed by atoms with Crippen LogP contribution in [0.2, 0.25) is 5.02 Å². The van der Waals surface area contributed by atoms with Crippen LogP contribution in [0.3, 0.4) is 0 Å². The zero-order valence-electron chi connectivity index (χ0n) is 12.3. The van der Waals surface area contributed by atoms with E-state index in [9.17, 15) is 5.26 Å². The van der Waals surface area contributed by atoms with E-state index in [-0.39, 0.29) is 5.88 Å². The van der Waals surface area contributed by atoms with Crippen LogP contribution in [0.4, 0.5) is 0 Å². The van der Waals surface area contributed by atoms with E-state index in [1.165, 1.54) is 7.11 Å². The van der Waals surface area contributed by atoms with Crippen LogP contribution >= 0.6 is 11.6 Å². The van der Waals surface area contributed by atoms with Gasteiger partial charge in [-0.2, -0.15) is 5.26 Å². The molecule has 0 atom stereocenters. The van der Waals surface area contributed by atoms with Gasteiger partial charge in [0.15, 0.2) is 0 Å². The lowest BCUT2D eigenvalue weighted by Gasteiger charge is -2.11. The maximum absolute atomic E-state index is 9.50. The van der Waals surface area contributed by atoms with E-state index in [1.54, 1.807) is 18.3 Å². The Kier molecular flexibility index (Phi) is 4.22. The van der Waals surface area contributed by atoms with Gasteiger partial charge < -0.3 is 4.74 Å². The van der Waals surface area contributed by atoms with Crippen LogP contribution in [0.25, 0.3) is 22.5 Å². The Morgan fingerprint density at radius 3 is 2.48 bits per heavy atom. The minimum Gasteiger partial charge on any atom is -0.480 e. The maximum atomic E-state index is 9.50. The monoisotopic (exact) mass is 321 g/mol. The van der Waals surface area contributed by atoms with Crippen LogP contribution in [0.1, 0.15) is 5.56 Å². The Labute approximate surface area is 139 Å².